The van der Waals surface area contributed by atoms with Crippen LogP contribution in [0.3, 0.4) is 0 Å². The molecule has 1 aliphatic heterocycles. The molecule has 1 saturated heterocycles. The van der Waals surface area contributed by atoms with E-state index in [0.717, 1.165) is 28.6 Å². The van der Waals surface area contributed by atoms with E-state index in [2.05, 4.69) is 21.4 Å². The van der Waals surface area contributed by atoms with Crippen LogP contribution in [-0.2, 0) is 16.1 Å². The molecule has 1 aromatic rings. The molecule has 7 heteroatoms. The third-order valence-corrected chi connectivity index (χ3v) is 4.46. The fraction of sp³-hybridized carbons (Fsp3) is 0.583. The van der Waals surface area contributed by atoms with Gasteiger partial charge in [0, 0.05) is 34.8 Å². The quantitative estimate of drug-likeness (QED) is 0.850. The van der Waals surface area contributed by atoms with Crippen molar-refractivity contribution in [2.45, 2.75) is 32.1 Å². The van der Waals surface area contributed by atoms with Crippen molar-refractivity contribution in [3.63, 3.8) is 0 Å². The molecule has 0 saturated carbocycles. The largest absolute Gasteiger partial charge is 0.350 e. The summed E-state index contributed by atoms with van der Waals surface area (Å²) < 4.78 is 6.41. The summed E-state index contributed by atoms with van der Waals surface area (Å²) in [6, 6.07) is 1.73. The van der Waals surface area contributed by atoms with Gasteiger partial charge < -0.3 is 9.64 Å². The van der Waals surface area contributed by atoms with Gasteiger partial charge in [0.25, 0.3) is 0 Å². The van der Waals surface area contributed by atoms with E-state index in [-0.39, 0.29) is 12.3 Å². The number of nitrogens with one attached hydrogen (secondary N) is 1. The van der Waals surface area contributed by atoms with Gasteiger partial charge in [-0.25, -0.2) is 15.1 Å². The number of thiophene rings is 1. The fourth-order valence-corrected chi connectivity index (χ4v) is 3.24. The summed E-state index contributed by atoms with van der Waals surface area (Å²) >= 11 is 5.00. The molecule has 1 aromatic heterocycles. The number of amides is 2. The number of hydrogen-bond acceptors (Lipinski definition) is 4. The van der Waals surface area contributed by atoms with Crippen LogP contribution in [0.4, 0.5) is 4.79 Å². The topological polar surface area (TPSA) is 50.8 Å². The van der Waals surface area contributed by atoms with Crippen molar-refractivity contribution in [2.75, 3.05) is 13.7 Å². The minimum Gasteiger partial charge on any atom is -0.350 e. The van der Waals surface area contributed by atoms with Crippen molar-refractivity contribution < 1.29 is 14.4 Å². The number of halogens is 1. The van der Waals surface area contributed by atoms with E-state index in [9.17, 15) is 4.79 Å². The zero-order valence-corrected chi connectivity index (χ0v) is 13.1. The second-order valence-corrected chi connectivity index (χ2v) is 6.32. The maximum atomic E-state index is 11.8. The van der Waals surface area contributed by atoms with Crippen molar-refractivity contribution in [1.82, 2.24) is 10.4 Å². The van der Waals surface area contributed by atoms with Crippen LogP contribution in [0.25, 0.3) is 0 Å². The number of nitrogens with zero attached hydrogens (tertiary/aromatic N) is 1. The molecule has 1 atom stereocenters. The average molecular weight is 349 g/mol. The lowest BCUT2D eigenvalue weighted by atomic mass is 10.2. The lowest BCUT2D eigenvalue weighted by Gasteiger charge is -2.24. The first-order valence-corrected chi connectivity index (χ1v) is 7.83. The molecule has 0 bridgehead atoms. The van der Waals surface area contributed by atoms with Crippen LogP contribution >= 0.6 is 27.3 Å². The SMILES string of the molecule is CN(Cc1cc(Br)cs1)C(=O)NO[C@H]1CCCCO1. The van der Waals surface area contributed by atoms with E-state index in [4.69, 9.17) is 9.57 Å². The summed E-state index contributed by atoms with van der Waals surface area (Å²) in [7, 11) is 1.73. The minimum atomic E-state index is -0.318. The highest BCUT2D eigenvalue weighted by molar-refractivity contribution is 9.10. The zero-order valence-electron chi connectivity index (χ0n) is 10.7. The monoisotopic (exact) mass is 348 g/mol. The molecule has 0 aromatic carbocycles. The van der Waals surface area contributed by atoms with E-state index in [1.165, 1.54) is 0 Å². The molecule has 0 unspecified atom stereocenters. The lowest BCUT2D eigenvalue weighted by Crippen LogP contribution is -2.40. The molecule has 2 rings (SSSR count). The van der Waals surface area contributed by atoms with E-state index >= 15 is 0 Å². The number of ether oxygens (including phenoxy) is 1. The second-order valence-electron chi connectivity index (χ2n) is 4.41. The first-order chi connectivity index (χ1) is 9.15. The summed E-state index contributed by atoms with van der Waals surface area (Å²) in [5, 5.41) is 1.99. The van der Waals surface area contributed by atoms with Crippen molar-refractivity contribution in [2.24, 2.45) is 0 Å². The normalized spacial score (nSPS) is 19.2. The predicted octanol–water partition coefficient (Wildman–Crippen LogP) is 3.11. The molecule has 1 N–H and O–H groups in total. The van der Waals surface area contributed by atoms with Crippen LogP contribution in [0.5, 0.6) is 0 Å². The maximum absolute atomic E-state index is 11.8. The Kier molecular flexibility index (Phi) is 5.62. The highest BCUT2D eigenvalue weighted by Gasteiger charge is 2.17. The van der Waals surface area contributed by atoms with Crippen LogP contribution in [0, 0.1) is 0 Å². The summed E-state index contributed by atoms with van der Waals surface area (Å²) in [5.74, 6) is 0. The first kappa shape index (κ1) is 14.8. The summed E-state index contributed by atoms with van der Waals surface area (Å²) in [5.41, 5.74) is 2.43. The van der Waals surface area contributed by atoms with Gasteiger partial charge in [0.1, 0.15) is 0 Å². The molecule has 106 valence electrons. The van der Waals surface area contributed by atoms with E-state index in [1.807, 2.05) is 11.4 Å². The number of hydroxylamine groups is 1. The number of carbonyl (C=O) groups excluding carboxylic acids is 1. The predicted molar refractivity (Wildman–Crippen MR) is 76.7 cm³/mol. The van der Waals surface area contributed by atoms with Gasteiger partial charge in [-0.1, -0.05) is 0 Å². The third kappa shape index (κ3) is 4.76. The van der Waals surface area contributed by atoms with Gasteiger partial charge in [0.2, 0.25) is 0 Å². The molecule has 0 aliphatic carbocycles. The molecule has 2 amide bonds. The Bertz CT molecular complexity index is 421. The van der Waals surface area contributed by atoms with Crippen LogP contribution < -0.4 is 5.48 Å². The molecule has 5 nitrogen and oxygen atoms in total. The molecular weight excluding hydrogens is 332 g/mol. The molecule has 0 radical (unpaired) electrons. The molecule has 2 heterocycles. The number of rotatable bonds is 4. The highest BCUT2D eigenvalue weighted by Crippen LogP contribution is 2.20. The summed E-state index contributed by atoms with van der Waals surface area (Å²) in [4.78, 5) is 19.7. The van der Waals surface area contributed by atoms with Crippen molar-refractivity contribution in [1.29, 1.82) is 0 Å². The Morgan fingerprint density at radius 2 is 2.53 bits per heavy atom. The molecular formula is C12H17BrN2O3S. The first-order valence-electron chi connectivity index (χ1n) is 6.16. The van der Waals surface area contributed by atoms with Crippen LogP contribution in [0.2, 0.25) is 0 Å². The minimum absolute atomic E-state index is 0.265. The number of urea groups is 1. The highest BCUT2D eigenvalue weighted by atomic mass is 79.9. The van der Waals surface area contributed by atoms with Gasteiger partial charge >= 0.3 is 6.03 Å². The van der Waals surface area contributed by atoms with Gasteiger partial charge in [-0.3, -0.25) is 0 Å². The Hall–Kier alpha value is -0.630. The van der Waals surface area contributed by atoms with E-state index < -0.39 is 0 Å². The number of hydrogen-bond donors (Lipinski definition) is 1. The second kappa shape index (κ2) is 7.23. The van der Waals surface area contributed by atoms with Gasteiger partial charge in [0.05, 0.1) is 6.54 Å². The van der Waals surface area contributed by atoms with E-state index in [0.29, 0.717) is 13.2 Å². The van der Waals surface area contributed by atoms with Gasteiger partial charge in [-0.05, 0) is 34.8 Å². The zero-order chi connectivity index (χ0) is 13.7. The van der Waals surface area contributed by atoms with Crippen molar-refractivity contribution in [3.05, 3.63) is 20.8 Å². The third-order valence-electron chi connectivity index (χ3n) is 2.78. The molecule has 1 fully saturated rings. The van der Waals surface area contributed by atoms with Gasteiger partial charge in [0.15, 0.2) is 6.29 Å². The van der Waals surface area contributed by atoms with Crippen molar-refractivity contribution in [3.8, 4) is 0 Å². The van der Waals surface area contributed by atoms with Gasteiger partial charge in [-0.2, -0.15) is 0 Å². The van der Waals surface area contributed by atoms with Crippen LogP contribution in [-0.4, -0.2) is 30.9 Å². The van der Waals surface area contributed by atoms with Crippen LogP contribution in [0.15, 0.2) is 15.9 Å². The fourth-order valence-electron chi connectivity index (χ4n) is 1.74. The maximum Gasteiger partial charge on any atom is 0.341 e. The summed E-state index contributed by atoms with van der Waals surface area (Å²) in [6.45, 7) is 1.25. The average Bonchev–Trinajstić information content (AvgIpc) is 2.82. The molecule has 1 aliphatic rings. The smallest absolute Gasteiger partial charge is 0.341 e. The Balaban J connectivity index is 1.72. The van der Waals surface area contributed by atoms with E-state index in [1.54, 1.807) is 23.3 Å². The number of carbonyl (C=O) groups is 1. The molecule has 19 heavy (non-hydrogen) atoms. The Morgan fingerprint density at radius 1 is 1.68 bits per heavy atom. The van der Waals surface area contributed by atoms with Gasteiger partial charge in [-0.15, -0.1) is 11.3 Å². The molecule has 0 spiro atoms. The Labute approximate surface area is 125 Å². The van der Waals surface area contributed by atoms with Crippen molar-refractivity contribution >= 4 is 33.3 Å². The van der Waals surface area contributed by atoms with Crippen LogP contribution in [0.1, 0.15) is 24.1 Å². The summed E-state index contributed by atoms with van der Waals surface area (Å²) in [6.07, 6.45) is 2.63. The Morgan fingerprint density at radius 3 is 3.16 bits per heavy atom. The standard InChI is InChI=1S/C12H17BrN2O3S/c1-15(7-10-6-9(13)8-19-10)12(16)14-18-11-4-2-3-5-17-11/h6,8,11H,2-5,7H2,1H3,(H,14,16)/t11-/m0/s1. The lowest BCUT2D eigenvalue weighted by molar-refractivity contribution is -0.187.